The number of nitrogens with one attached hydrogen (secondary N) is 1. The van der Waals surface area contributed by atoms with E-state index < -0.39 is 10.0 Å². The Hall–Kier alpha value is -0.0800. The van der Waals surface area contributed by atoms with E-state index in [-0.39, 0.29) is 11.4 Å². The van der Waals surface area contributed by atoms with Gasteiger partial charge in [0.2, 0.25) is 10.0 Å². The summed E-state index contributed by atoms with van der Waals surface area (Å²) in [4.78, 5) is 0.712. The molecule has 1 aromatic heterocycles. The Morgan fingerprint density at radius 1 is 1.53 bits per heavy atom. The maximum absolute atomic E-state index is 12.2. The van der Waals surface area contributed by atoms with Crippen LogP contribution >= 0.6 is 23.1 Å². The second kappa shape index (κ2) is 5.73. The van der Waals surface area contributed by atoms with Crippen LogP contribution in [0.3, 0.4) is 0 Å². The van der Waals surface area contributed by atoms with E-state index in [1.54, 1.807) is 17.8 Å². The Labute approximate surface area is 122 Å². The Balaban J connectivity index is 2.09. The van der Waals surface area contributed by atoms with Crippen LogP contribution in [0.2, 0.25) is 0 Å². The lowest BCUT2D eigenvalue weighted by atomic mass is 9.84. The first-order valence-corrected chi connectivity index (χ1v) is 9.70. The number of sulfonamides is 1. The van der Waals surface area contributed by atoms with E-state index in [2.05, 4.69) is 4.72 Å². The molecule has 0 saturated heterocycles. The van der Waals surface area contributed by atoms with E-state index in [0.29, 0.717) is 15.6 Å². The number of aliphatic hydroxyl groups excluding tert-OH is 1. The smallest absolute Gasteiger partial charge is 0.250 e. The largest absolute Gasteiger partial charge is 0.391 e. The van der Waals surface area contributed by atoms with Gasteiger partial charge < -0.3 is 5.11 Å². The van der Waals surface area contributed by atoms with Gasteiger partial charge in [0.05, 0.1) is 6.61 Å². The molecule has 0 aliphatic heterocycles. The number of rotatable bonds is 6. The van der Waals surface area contributed by atoms with Crippen LogP contribution in [-0.2, 0) is 16.6 Å². The molecule has 7 heteroatoms. The average Bonchev–Trinajstić information content (AvgIpc) is 2.70. The van der Waals surface area contributed by atoms with Crippen molar-refractivity contribution < 1.29 is 13.5 Å². The van der Waals surface area contributed by atoms with Crippen LogP contribution in [0, 0.1) is 6.92 Å². The van der Waals surface area contributed by atoms with Gasteiger partial charge in [-0.1, -0.05) is 6.42 Å². The van der Waals surface area contributed by atoms with Crippen LogP contribution in [0.15, 0.2) is 10.3 Å². The first-order chi connectivity index (χ1) is 8.92. The zero-order valence-electron chi connectivity index (χ0n) is 11.1. The molecule has 0 bridgehead atoms. The molecule has 0 amide bonds. The number of aliphatic hydroxyl groups is 1. The summed E-state index contributed by atoms with van der Waals surface area (Å²) in [6, 6.07) is 1.63. The predicted molar refractivity (Wildman–Crippen MR) is 80.3 cm³/mol. The number of hydrogen-bond acceptors (Lipinski definition) is 5. The molecule has 1 aromatic rings. The van der Waals surface area contributed by atoms with Crippen molar-refractivity contribution >= 4 is 33.1 Å². The molecule has 0 spiro atoms. The number of hydrogen-bond donors (Lipinski definition) is 2. The first kappa shape index (κ1) is 15.3. The van der Waals surface area contributed by atoms with E-state index in [4.69, 9.17) is 5.11 Å². The second-order valence-electron chi connectivity index (χ2n) is 4.89. The highest BCUT2D eigenvalue weighted by Gasteiger charge is 2.37. The molecule has 1 aliphatic carbocycles. The van der Waals surface area contributed by atoms with Crippen molar-refractivity contribution in [3.63, 3.8) is 0 Å². The zero-order valence-corrected chi connectivity index (χ0v) is 13.6. The fourth-order valence-electron chi connectivity index (χ4n) is 2.10. The molecule has 4 nitrogen and oxygen atoms in total. The molecule has 0 unspecified atom stereocenters. The van der Waals surface area contributed by atoms with Crippen molar-refractivity contribution in [2.24, 2.45) is 0 Å². The third-order valence-electron chi connectivity index (χ3n) is 3.69. The predicted octanol–water partition coefficient (Wildman–Crippen LogP) is 2.11. The van der Waals surface area contributed by atoms with E-state index in [1.807, 2.05) is 13.2 Å². The van der Waals surface area contributed by atoms with E-state index in [1.165, 1.54) is 6.42 Å². The van der Waals surface area contributed by atoms with Crippen molar-refractivity contribution in [3.05, 3.63) is 16.5 Å². The highest BCUT2D eigenvalue weighted by Crippen LogP contribution is 2.42. The minimum absolute atomic E-state index is 0.0825. The summed E-state index contributed by atoms with van der Waals surface area (Å²) in [6.45, 7) is 2.19. The third-order valence-corrected chi connectivity index (χ3v) is 8.20. The van der Waals surface area contributed by atoms with Crippen molar-refractivity contribution in [1.82, 2.24) is 4.72 Å². The van der Waals surface area contributed by atoms with Gasteiger partial charge in [0.15, 0.2) is 0 Å². The number of aryl methyl sites for hydroxylation is 1. The van der Waals surface area contributed by atoms with E-state index in [9.17, 15) is 8.42 Å². The molecule has 108 valence electrons. The van der Waals surface area contributed by atoms with Gasteiger partial charge in [0.1, 0.15) is 4.21 Å². The van der Waals surface area contributed by atoms with Gasteiger partial charge in [-0.05, 0) is 37.7 Å². The van der Waals surface area contributed by atoms with Crippen LogP contribution in [0.1, 0.15) is 29.7 Å². The molecule has 0 atom stereocenters. The average molecular weight is 321 g/mol. The van der Waals surface area contributed by atoms with Gasteiger partial charge in [-0.2, -0.15) is 11.8 Å². The molecule has 1 saturated carbocycles. The highest BCUT2D eigenvalue weighted by molar-refractivity contribution is 8.00. The lowest BCUT2D eigenvalue weighted by Crippen LogP contribution is -2.45. The molecular formula is C12H19NO3S3. The van der Waals surface area contributed by atoms with Crippen LogP contribution in [-0.4, -0.2) is 31.1 Å². The van der Waals surface area contributed by atoms with Crippen molar-refractivity contribution in [1.29, 1.82) is 0 Å². The fourth-order valence-corrected chi connectivity index (χ4v) is 5.73. The van der Waals surface area contributed by atoms with Crippen molar-refractivity contribution in [3.8, 4) is 0 Å². The first-order valence-electron chi connectivity index (χ1n) is 6.17. The minimum atomic E-state index is -3.45. The zero-order chi connectivity index (χ0) is 14.1. The van der Waals surface area contributed by atoms with E-state index in [0.717, 1.165) is 29.7 Å². The molecule has 1 aliphatic rings. The maximum Gasteiger partial charge on any atom is 0.250 e. The SMILES string of the molecule is CSC1(CNS(=O)(=O)c2cc(C)c(CO)s2)CCC1. The topological polar surface area (TPSA) is 66.4 Å². The molecule has 0 aromatic carbocycles. The lowest BCUT2D eigenvalue weighted by molar-refractivity contribution is 0.285. The van der Waals surface area contributed by atoms with Gasteiger partial charge in [-0.25, -0.2) is 13.1 Å². The Bertz CT molecular complexity index is 541. The van der Waals surface area contributed by atoms with Gasteiger partial charge in [-0.3, -0.25) is 0 Å². The Morgan fingerprint density at radius 3 is 2.63 bits per heavy atom. The molecule has 19 heavy (non-hydrogen) atoms. The second-order valence-corrected chi connectivity index (χ2v) is 9.30. The van der Waals surface area contributed by atoms with Crippen molar-refractivity contribution in [2.45, 2.75) is 41.7 Å². The Morgan fingerprint density at radius 2 is 2.21 bits per heavy atom. The fraction of sp³-hybridized carbons (Fsp3) is 0.667. The quantitative estimate of drug-likeness (QED) is 0.842. The molecular weight excluding hydrogens is 302 g/mol. The summed E-state index contributed by atoms with van der Waals surface area (Å²) in [5.74, 6) is 0. The summed E-state index contributed by atoms with van der Waals surface area (Å²) in [7, 11) is -3.45. The standard InChI is InChI=1S/C12H19NO3S3/c1-9-6-11(18-10(9)7-14)19(15,16)13-8-12(17-2)4-3-5-12/h6,13-14H,3-5,7-8H2,1-2H3. The number of thiophene rings is 1. The molecule has 2 rings (SSSR count). The Kier molecular flexibility index (Phi) is 4.62. The minimum Gasteiger partial charge on any atom is -0.391 e. The van der Waals surface area contributed by atoms with Gasteiger partial charge in [0.25, 0.3) is 0 Å². The van der Waals surface area contributed by atoms with Crippen LogP contribution in [0.5, 0.6) is 0 Å². The third kappa shape index (κ3) is 3.16. The summed E-state index contributed by atoms with van der Waals surface area (Å²) in [5.41, 5.74) is 0.830. The summed E-state index contributed by atoms with van der Waals surface area (Å²) in [5, 5.41) is 9.13. The van der Waals surface area contributed by atoms with Gasteiger partial charge >= 0.3 is 0 Å². The molecule has 0 radical (unpaired) electrons. The van der Waals surface area contributed by atoms with Gasteiger partial charge in [-0.15, -0.1) is 11.3 Å². The van der Waals surface area contributed by atoms with Crippen LogP contribution < -0.4 is 4.72 Å². The van der Waals surface area contributed by atoms with Crippen molar-refractivity contribution in [2.75, 3.05) is 12.8 Å². The summed E-state index contributed by atoms with van der Waals surface area (Å²) in [6.07, 6.45) is 5.35. The monoisotopic (exact) mass is 321 g/mol. The summed E-state index contributed by atoms with van der Waals surface area (Å²) >= 11 is 2.89. The maximum atomic E-state index is 12.2. The molecule has 1 heterocycles. The van der Waals surface area contributed by atoms with Crippen LogP contribution in [0.4, 0.5) is 0 Å². The highest BCUT2D eigenvalue weighted by atomic mass is 32.2. The molecule has 1 fully saturated rings. The van der Waals surface area contributed by atoms with Gasteiger partial charge in [0, 0.05) is 16.2 Å². The summed E-state index contributed by atoms with van der Waals surface area (Å²) < 4.78 is 27.5. The number of thioether (sulfide) groups is 1. The van der Waals surface area contributed by atoms with E-state index >= 15 is 0 Å². The normalized spacial score (nSPS) is 18.3. The lowest BCUT2D eigenvalue weighted by Gasteiger charge is -2.40. The van der Waals surface area contributed by atoms with Crippen LogP contribution in [0.25, 0.3) is 0 Å². The molecule has 2 N–H and O–H groups in total.